The SMILES string of the molecule is CS(=O)(=O)CCN1CCC(c2nc3cc(Cl)ccc3o2)CC1. The second-order valence-electron chi connectivity index (χ2n) is 5.91. The lowest BCUT2D eigenvalue weighted by molar-refractivity contribution is 0.211. The Hall–Kier alpha value is -1.11. The fourth-order valence-electron chi connectivity index (χ4n) is 2.79. The molecule has 1 aromatic heterocycles. The standard InChI is InChI=1S/C15H19ClN2O3S/c1-22(19,20)9-8-18-6-4-11(5-7-18)15-17-13-10-12(16)2-3-14(13)21-15/h2-3,10-11H,4-9H2,1H3. The Morgan fingerprint density at radius 1 is 1.36 bits per heavy atom. The van der Waals surface area contributed by atoms with Crippen molar-refractivity contribution in [3.8, 4) is 0 Å². The Morgan fingerprint density at radius 2 is 2.09 bits per heavy atom. The Bertz CT molecular complexity index is 764. The zero-order valence-corrected chi connectivity index (χ0v) is 14.0. The summed E-state index contributed by atoms with van der Waals surface area (Å²) in [5, 5.41) is 0.656. The van der Waals surface area contributed by atoms with E-state index < -0.39 is 9.84 Å². The van der Waals surface area contributed by atoms with Gasteiger partial charge in [0, 0.05) is 23.7 Å². The van der Waals surface area contributed by atoms with E-state index in [1.165, 1.54) is 6.26 Å². The van der Waals surface area contributed by atoms with Gasteiger partial charge in [0.05, 0.1) is 5.75 Å². The lowest BCUT2D eigenvalue weighted by Crippen LogP contribution is -2.36. The summed E-state index contributed by atoms with van der Waals surface area (Å²) in [4.78, 5) is 6.73. The molecule has 2 heterocycles. The number of oxazole rings is 1. The van der Waals surface area contributed by atoms with E-state index >= 15 is 0 Å². The number of halogens is 1. The number of hydrogen-bond donors (Lipinski definition) is 0. The molecule has 0 spiro atoms. The first-order valence-electron chi connectivity index (χ1n) is 7.37. The van der Waals surface area contributed by atoms with Crippen LogP contribution in [0.5, 0.6) is 0 Å². The van der Waals surface area contributed by atoms with Crippen LogP contribution < -0.4 is 0 Å². The molecule has 120 valence electrons. The normalized spacial score (nSPS) is 18.1. The van der Waals surface area contributed by atoms with E-state index in [-0.39, 0.29) is 5.75 Å². The molecule has 7 heteroatoms. The number of rotatable bonds is 4. The molecule has 0 aliphatic carbocycles. The van der Waals surface area contributed by atoms with Gasteiger partial charge in [0.1, 0.15) is 15.4 Å². The van der Waals surface area contributed by atoms with Gasteiger partial charge in [0.15, 0.2) is 11.5 Å². The van der Waals surface area contributed by atoms with Crippen molar-refractivity contribution in [3.63, 3.8) is 0 Å². The summed E-state index contributed by atoms with van der Waals surface area (Å²) < 4.78 is 28.3. The molecule has 0 bridgehead atoms. The topological polar surface area (TPSA) is 63.4 Å². The maximum atomic E-state index is 11.2. The quantitative estimate of drug-likeness (QED) is 0.854. The third kappa shape index (κ3) is 3.80. The van der Waals surface area contributed by atoms with Crippen LogP contribution in [0.4, 0.5) is 0 Å². The minimum atomic E-state index is -2.90. The van der Waals surface area contributed by atoms with Crippen LogP contribution in [0.25, 0.3) is 11.1 Å². The Morgan fingerprint density at radius 3 is 2.77 bits per heavy atom. The Labute approximate surface area is 135 Å². The zero-order valence-electron chi connectivity index (χ0n) is 12.5. The van der Waals surface area contributed by atoms with E-state index in [9.17, 15) is 8.42 Å². The first-order valence-corrected chi connectivity index (χ1v) is 9.81. The van der Waals surface area contributed by atoms with Crippen LogP contribution in [0, 0.1) is 0 Å². The smallest absolute Gasteiger partial charge is 0.198 e. The van der Waals surface area contributed by atoms with Gasteiger partial charge in [-0.3, -0.25) is 0 Å². The zero-order chi connectivity index (χ0) is 15.7. The molecule has 1 aliphatic rings. The van der Waals surface area contributed by atoms with Crippen molar-refractivity contribution in [1.82, 2.24) is 9.88 Å². The van der Waals surface area contributed by atoms with Crippen molar-refractivity contribution < 1.29 is 12.8 Å². The highest BCUT2D eigenvalue weighted by Crippen LogP contribution is 2.30. The number of piperidine rings is 1. The van der Waals surface area contributed by atoms with Gasteiger partial charge in [-0.15, -0.1) is 0 Å². The van der Waals surface area contributed by atoms with Crippen LogP contribution in [0.3, 0.4) is 0 Å². The molecule has 2 aromatic rings. The van der Waals surface area contributed by atoms with Crippen LogP contribution in [0.2, 0.25) is 5.02 Å². The highest BCUT2D eigenvalue weighted by atomic mass is 35.5. The number of nitrogens with zero attached hydrogens (tertiary/aromatic N) is 2. The molecule has 3 rings (SSSR count). The van der Waals surface area contributed by atoms with Gasteiger partial charge < -0.3 is 9.32 Å². The molecule has 5 nitrogen and oxygen atoms in total. The fourth-order valence-corrected chi connectivity index (χ4v) is 3.55. The minimum Gasteiger partial charge on any atom is -0.440 e. The Balaban J connectivity index is 1.62. The second kappa shape index (κ2) is 6.18. The monoisotopic (exact) mass is 342 g/mol. The number of sulfone groups is 1. The van der Waals surface area contributed by atoms with Gasteiger partial charge in [-0.25, -0.2) is 13.4 Å². The predicted molar refractivity (Wildman–Crippen MR) is 87.1 cm³/mol. The van der Waals surface area contributed by atoms with Crippen LogP contribution in [-0.2, 0) is 9.84 Å². The molecule has 0 atom stereocenters. The van der Waals surface area contributed by atoms with E-state index in [0.717, 1.165) is 42.9 Å². The van der Waals surface area contributed by atoms with Crippen molar-refractivity contribution >= 4 is 32.5 Å². The third-order valence-electron chi connectivity index (χ3n) is 4.08. The summed E-state index contributed by atoms with van der Waals surface area (Å²) in [5.41, 5.74) is 1.56. The average molecular weight is 343 g/mol. The average Bonchev–Trinajstić information content (AvgIpc) is 2.88. The van der Waals surface area contributed by atoms with Gasteiger partial charge in [-0.05, 0) is 44.1 Å². The van der Waals surface area contributed by atoms with E-state index in [1.807, 2.05) is 12.1 Å². The summed E-state index contributed by atoms with van der Waals surface area (Å²) >= 11 is 5.97. The molecule has 0 amide bonds. The number of aromatic nitrogens is 1. The number of hydrogen-bond acceptors (Lipinski definition) is 5. The lowest BCUT2D eigenvalue weighted by atomic mass is 9.97. The maximum Gasteiger partial charge on any atom is 0.198 e. The molecule has 1 aromatic carbocycles. The number of fused-ring (bicyclic) bond motifs is 1. The van der Waals surface area contributed by atoms with Crippen LogP contribution in [0.15, 0.2) is 22.6 Å². The molecule has 1 saturated heterocycles. The summed E-state index contributed by atoms with van der Waals surface area (Å²) in [6, 6.07) is 5.45. The van der Waals surface area contributed by atoms with Crippen LogP contribution in [-0.4, -0.2) is 49.9 Å². The second-order valence-corrected chi connectivity index (χ2v) is 8.61. The van der Waals surface area contributed by atoms with Crippen molar-refractivity contribution in [2.75, 3.05) is 31.6 Å². The highest BCUT2D eigenvalue weighted by molar-refractivity contribution is 7.90. The van der Waals surface area contributed by atoms with Crippen molar-refractivity contribution in [2.45, 2.75) is 18.8 Å². The minimum absolute atomic E-state index is 0.221. The van der Waals surface area contributed by atoms with Gasteiger partial charge in [-0.1, -0.05) is 11.6 Å². The van der Waals surface area contributed by atoms with Crippen molar-refractivity contribution in [3.05, 3.63) is 29.1 Å². The predicted octanol–water partition coefficient (Wildman–Crippen LogP) is 2.71. The molecule has 0 radical (unpaired) electrons. The van der Waals surface area contributed by atoms with Gasteiger partial charge in [0.25, 0.3) is 0 Å². The molecule has 0 unspecified atom stereocenters. The van der Waals surface area contributed by atoms with E-state index in [2.05, 4.69) is 9.88 Å². The van der Waals surface area contributed by atoms with Gasteiger partial charge in [0.2, 0.25) is 0 Å². The van der Waals surface area contributed by atoms with Crippen molar-refractivity contribution in [1.29, 1.82) is 0 Å². The van der Waals surface area contributed by atoms with Crippen LogP contribution >= 0.6 is 11.6 Å². The van der Waals surface area contributed by atoms with E-state index in [1.54, 1.807) is 6.07 Å². The fraction of sp³-hybridized carbons (Fsp3) is 0.533. The number of benzene rings is 1. The maximum absolute atomic E-state index is 11.2. The van der Waals surface area contributed by atoms with E-state index in [4.69, 9.17) is 16.0 Å². The van der Waals surface area contributed by atoms with Gasteiger partial charge in [-0.2, -0.15) is 0 Å². The highest BCUT2D eigenvalue weighted by Gasteiger charge is 2.25. The molecule has 1 fully saturated rings. The molecule has 22 heavy (non-hydrogen) atoms. The first kappa shape index (κ1) is 15.8. The molecule has 0 N–H and O–H groups in total. The molecule has 0 saturated carbocycles. The Kier molecular flexibility index (Phi) is 4.43. The third-order valence-corrected chi connectivity index (χ3v) is 5.24. The van der Waals surface area contributed by atoms with Crippen molar-refractivity contribution in [2.24, 2.45) is 0 Å². The summed E-state index contributed by atoms with van der Waals surface area (Å²) in [7, 11) is -2.90. The van der Waals surface area contributed by atoms with E-state index in [0.29, 0.717) is 17.5 Å². The van der Waals surface area contributed by atoms with Crippen LogP contribution in [0.1, 0.15) is 24.7 Å². The first-order chi connectivity index (χ1) is 10.4. The summed E-state index contributed by atoms with van der Waals surface area (Å²) in [5.74, 6) is 1.28. The molecular formula is C15H19ClN2O3S. The molecule has 1 aliphatic heterocycles. The summed E-state index contributed by atoms with van der Waals surface area (Å²) in [6.07, 6.45) is 3.15. The summed E-state index contributed by atoms with van der Waals surface area (Å²) in [6.45, 7) is 2.36. The lowest BCUT2D eigenvalue weighted by Gasteiger charge is -2.30. The largest absolute Gasteiger partial charge is 0.440 e. The number of likely N-dealkylation sites (tertiary alicyclic amines) is 1. The molecular weight excluding hydrogens is 324 g/mol. The van der Waals surface area contributed by atoms with Gasteiger partial charge >= 0.3 is 0 Å².